The smallest absolute Gasteiger partial charge is 0.234 e. The summed E-state index contributed by atoms with van der Waals surface area (Å²) in [7, 11) is 0. The average Bonchev–Trinajstić information content (AvgIpc) is 3.12. The molecule has 132 valence electrons. The molecule has 3 fully saturated rings. The Balaban J connectivity index is 1.25. The molecule has 0 aromatic carbocycles. The molecular formula is C17H26N4O3. The molecule has 2 unspecified atom stereocenters. The fourth-order valence-electron chi connectivity index (χ4n) is 3.58. The Hall–Kier alpha value is -1.47. The largest absolute Gasteiger partial charge is 0.381 e. The van der Waals surface area contributed by atoms with Crippen LogP contribution in [0, 0.1) is 5.92 Å². The van der Waals surface area contributed by atoms with Crippen molar-refractivity contribution in [2.75, 3.05) is 39.4 Å². The highest BCUT2D eigenvalue weighted by molar-refractivity contribution is 5.78. The summed E-state index contributed by atoms with van der Waals surface area (Å²) < 4.78 is 10.7. The number of amides is 1. The Morgan fingerprint density at radius 1 is 1.25 bits per heavy atom. The number of hydrogen-bond donors (Lipinski definition) is 1. The van der Waals surface area contributed by atoms with Crippen LogP contribution in [0.4, 0.5) is 0 Å². The van der Waals surface area contributed by atoms with Gasteiger partial charge in [-0.3, -0.25) is 9.69 Å². The van der Waals surface area contributed by atoms with E-state index in [1.54, 1.807) is 0 Å². The van der Waals surface area contributed by atoms with Crippen molar-refractivity contribution < 1.29 is 14.1 Å². The molecule has 3 heterocycles. The molecule has 0 radical (unpaired) electrons. The van der Waals surface area contributed by atoms with Crippen molar-refractivity contribution in [1.29, 1.82) is 0 Å². The van der Waals surface area contributed by atoms with Gasteiger partial charge in [0.05, 0.1) is 13.2 Å². The van der Waals surface area contributed by atoms with Crippen LogP contribution in [0.5, 0.6) is 0 Å². The molecule has 4 rings (SSSR count). The van der Waals surface area contributed by atoms with Crippen molar-refractivity contribution in [3.05, 3.63) is 11.7 Å². The van der Waals surface area contributed by atoms with Crippen LogP contribution in [-0.2, 0) is 9.53 Å². The van der Waals surface area contributed by atoms with Crippen LogP contribution in [0.1, 0.15) is 55.7 Å². The fraction of sp³-hybridized carbons (Fsp3) is 0.824. The minimum Gasteiger partial charge on any atom is -0.381 e. The number of carbonyl (C=O) groups is 1. The molecule has 7 heteroatoms. The molecule has 1 N–H and O–H groups in total. The lowest BCUT2D eigenvalue weighted by atomic mass is 9.97. The minimum absolute atomic E-state index is 0.106. The summed E-state index contributed by atoms with van der Waals surface area (Å²) >= 11 is 0. The molecule has 24 heavy (non-hydrogen) atoms. The van der Waals surface area contributed by atoms with Crippen molar-refractivity contribution in [1.82, 2.24) is 20.4 Å². The highest BCUT2D eigenvalue weighted by Gasteiger charge is 2.32. The van der Waals surface area contributed by atoms with E-state index in [2.05, 4.69) is 20.4 Å². The van der Waals surface area contributed by atoms with Gasteiger partial charge in [-0.15, -0.1) is 0 Å². The van der Waals surface area contributed by atoms with Crippen LogP contribution >= 0.6 is 0 Å². The second-order valence-corrected chi connectivity index (χ2v) is 7.37. The van der Waals surface area contributed by atoms with E-state index < -0.39 is 0 Å². The SMILES string of the molecule is O=C(CN1CCCC(c2noc(C3CC3)n2)C1)NCC1CCOC1. The van der Waals surface area contributed by atoms with Gasteiger partial charge in [0.15, 0.2) is 5.82 Å². The van der Waals surface area contributed by atoms with E-state index in [-0.39, 0.29) is 11.8 Å². The maximum atomic E-state index is 12.2. The number of likely N-dealkylation sites (tertiary alicyclic amines) is 1. The highest BCUT2D eigenvalue weighted by atomic mass is 16.5. The third-order valence-electron chi connectivity index (χ3n) is 5.23. The fourth-order valence-corrected chi connectivity index (χ4v) is 3.58. The lowest BCUT2D eigenvalue weighted by Gasteiger charge is -2.30. The highest BCUT2D eigenvalue weighted by Crippen LogP contribution is 2.39. The van der Waals surface area contributed by atoms with Crippen LogP contribution in [0.15, 0.2) is 4.52 Å². The molecule has 1 saturated carbocycles. The summed E-state index contributed by atoms with van der Waals surface area (Å²) in [6, 6.07) is 0. The van der Waals surface area contributed by atoms with Crippen molar-refractivity contribution in [2.45, 2.75) is 43.9 Å². The van der Waals surface area contributed by atoms with Crippen molar-refractivity contribution >= 4 is 5.91 Å². The molecule has 1 amide bonds. The molecule has 1 aliphatic carbocycles. The van der Waals surface area contributed by atoms with Crippen LogP contribution < -0.4 is 5.32 Å². The summed E-state index contributed by atoms with van der Waals surface area (Å²) in [4.78, 5) is 19.0. The van der Waals surface area contributed by atoms with Crippen molar-refractivity contribution in [2.24, 2.45) is 5.92 Å². The normalized spacial score (nSPS) is 28.2. The van der Waals surface area contributed by atoms with E-state index in [1.165, 1.54) is 12.8 Å². The monoisotopic (exact) mass is 334 g/mol. The quantitative estimate of drug-likeness (QED) is 0.844. The zero-order valence-corrected chi connectivity index (χ0v) is 14.1. The first-order chi connectivity index (χ1) is 11.8. The van der Waals surface area contributed by atoms with E-state index in [0.717, 1.165) is 63.8 Å². The topological polar surface area (TPSA) is 80.5 Å². The van der Waals surface area contributed by atoms with Gasteiger partial charge in [0.2, 0.25) is 11.8 Å². The van der Waals surface area contributed by atoms with E-state index in [1.807, 2.05) is 0 Å². The summed E-state index contributed by atoms with van der Waals surface area (Å²) in [5.74, 6) is 2.99. The summed E-state index contributed by atoms with van der Waals surface area (Å²) in [6.45, 7) is 4.58. The van der Waals surface area contributed by atoms with Gasteiger partial charge in [-0.05, 0) is 38.6 Å². The van der Waals surface area contributed by atoms with Gasteiger partial charge < -0.3 is 14.6 Å². The molecule has 2 aliphatic heterocycles. The molecule has 3 aliphatic rings. The van der Waals surface area contributed by atoms with E-state index >= 15 is 0 Å². The third kappa shape index (κ3) is 3.95. The number of carbonyl (C=O) groups excluding carboxylic acids is 1. The first-order valence-corrected chi connectivity index (χ1v) is 9.18. The van der Waals surface area contributed by atoms with Crippen molar-refractivity contribution in [3.8, 4) is 0 Å². The molecule has 0 bridgehead atoms. The van der Waals surface area contributed by atoms with Crippen LogP contribution in [0.2, 0.25) is 0 Å². The molecule has 1 aromatic heterocycles. The number of nitrogens with one attached hydrogen (secondary N) is 1. The number of rotatable bonds is 6. The lowest BCUT2D eigenvalue weighted by molar-refractivity contribution is -0.122. The zero-order chi connectivity index (χ0) is 16.4. The second-order valence-electron chi connectivity index (χ2n) is 7.37. The van der Waals surface area contributed by atoms with Gasteiger partial charge in [-0.1, -0.05) is 5.16 Å². The predicted molar refractivity (Wildman–Crippen MR) is 86.6 cm³/mol. The summed E-state index contributed by atoms with van der Waals surface area (Å²) in [6.07, 6.45) is 5.53. The molecule has 7 nitrogen and oxygen atoms in total. The zero-order valence-electron chi connectivity index (χ0n) is 14.1. The van der Waals surface area contributed by atoms with Crippen LogP contribution in [0.25, 0.3) is 0 Å². The van der Waals surface area contributed by atoms with Gasteiger partial charge in [0, 0.05) is 37.5 Å². The third-order valence-corrected chi connectivity index (χ3v) is 5.23. The summed E-state index contributed by atoms with van der Waals surface area (Å²) in [5, 5.41) is 7.22. The van der Waals surface area contributed by atoms with Crippen molar-refractivity contribution in [3.63, 3.8) is 0 Å². The Bertz CT molecular complexity index is 566. The number of hydrogen-bond acceptors (Lipinski definition) is 6. The number of nitrogens with zero attached hydrogens (tertiary/aromatic N) is 3. The Kier molecular flexibility index (Phi) is 4.80. The molecule has 1 aromatic rings. The lowest BCUT2D eigenvalue weighted by Crippen LogP contribution is -2.43. The molecule has 0 spiro atoms. The standard InChI is InChI=1S/C17H26N4O3/c22-15(18-8-12-5-7-23-11-12)10-21-6-1-2-14(9-21)16-19-17(24-20-16)13-3-4-13/h12-14H,1-11H2,(H,18,22). The van der Waals surface area contributed by atoms with Gasteiger partial charge >= 0.3 is 0 Å². The average molecular weight is 334 g/mol. The van der Waals surface area contributed by atoms with Gasteiger partial charge in [0.25, 0.3) is 0 Å². The second kappa shape index (κ2) is 7.19. The Morgan fingerprint density at radius 3 is 2.96 bits per heavy atom. The number of piperidine rings is 1. The number of ether oxygens (including phenoxy) is 1. The first-order valence-electron chi connectivity index (χ1n) is 9.18. The van der Waals surface area contributed by atoms with Gasteiger partial charge in [-0.25, -0.2) is 0 Å². The van der Waals surface area contributed by atoms with Crippen LogP contribution in [-0.4, -0.2) is 60.3 Å². The van der Waals surface area contributed by atoms with Gasteiger partial charge in [0.1, 0.15) is 0 Å². The van der Waals surface area contributed by atoms with Crippen LogP contribution in [0.3, 0.4) is 0 Å². The minimum atomic E-state index is 0.106. The van der Waals surface area contributed by atoms with E-state index in [9.17, 15) is 4.79 Å². The van der Waals surface area contributed by atoms with E-state index in [4.69, 9.17) is 9.26 Å². The Labute approximate surface area is 142 Å². The molecule has 2 saturated heterocycles. The molecule has 2 atom stereocenters. The maximum Gasteiger partial charge on any atom is 0.234 e. The maximum absolute atomic E-state index is 12.2. The van der Waals surface area contributed by atoms with Gasteiger partial charge in [-0.2, -0.15) is 4.98 Å². The summed E-state index contributed by atoms with van der Waals surface area (Å²) in [5.41, 5.74) is 0. The van der Waals surface area contributed by atoms with E-state index in [0.29, 0.717) is 18.4 Å². The Morgan fingerprint density at radius 2 is 2.17 bits per heavy atom. The number of aromatic nitrogens is 2. The predicted octanol–water partition coefficient (Wildman–Crippen LogP) is 1.28. The first kappa shape index (κ1) is 16.0. The molecular weight excluding hydrogens is 308 g/mol.